The Hall–Kier alpha value is -8.06. The fourth-order valence-electron chi connectivity index (χ4n) is 10.8. The van der Waals surface area contributed by atoms with E-state index in [0.29, 0.717) is 5.95 Å². The molecule has 0 atom stereocenters. The van der Waals surface area contributed by atoms with Crippen LogP contribution in [0.1, 0.15) is 0 Å². The summed E-state index contributed by atoms with van der Waals surface area (Å²) < 4.78 is 9.50. The van der Waals surface area contributed by atoms with Gasteiger partial charge in [-0.15, -0.1) is 11.3 Å². The van der Waals surface area contributed by atoms with Crippen molar-refractivity contribution in [1.29, 1.82) is 0 Å². The summed E-state index contributed by atoms with van der Waals surface area (Å²) >= 11 is 1.77. The molecule has 0 amide bonds. The van der Waals surface area contributed by atoms with Crippen molar-refractivity contribution in [3.63, 3.8) is 0 Å². The van der Waals surface area contributed by atoms with Crippen molar-refractivity contribution in [2.24, 2.45) is 0 Å². The zero-order valence-corrected chi connectivity index (χ0v) is 33.9. The third-order valence-electron chi connectivity index (χ3n) is 13.4. The maximum atomic E-state index is 5.73. The molecule has 0 spiro atoms. The lowest BCUT2D eigenvalue weighted by molar-refractivity contribution is 1.02. The molecule has 0 fully saturated rings. The van der Waals surface area contributed by atoms with E-state index in [1.165, 1.54) is 80.6 Å². The molecule has 0 unspecified atom stereocenters. The Morgan fingerprint density at radius 1 is 0.387 bits per heavy atom. The predicted molar refractivity (Wildman–Crippen MR) is 261 cm³/mol. The number of fused-ring (bicyclic) bond motifs is 18. The van der Waals surface area contributed by atoms with Crippen LogP contribution in [0.25, 0.3) is 136 Å². The molecular formula is C56H31N5S. The van der Waals surface area contributed by atoms with Gasteiger partial charge in [-0.25, -0.2) is 9.97 Å². The summed E-state index contributed by atoms with van der Waals surface area (Å²) in [5.41, 5.74) is 12.3. The molecule has 5 nitrogen and oxygen atoms in total. The topological polar surface area (TPSA) is 40.0 Å². The van der Waals surface area contributed by atoms with Crippen LogP contribution in [0.15, 0.2) is 188 Å². The molecule has 0 saturated heterocycles. The minimum atomic E-state index is 0.664. The molecule has 15 rings (SSSR count). The van der Waals surface area contributed by atoms with E-state index in [1.807, 2.05) is 0 Å². The maximum absolute atomic E-state index is 5.73. The number of hydrogen-bond donors (Lipinski definition) is 0. The lowest BCUT2D eigenvalue weighted by atomic mass is 10.0. The van der Waals surface area contributed by atoms with Crippen LogP contribution in [0.4, 0.5) is 0 Å². The molecule has 0 radical (unpaired) electrons. The Morgan fingerprint density at radius 2 is 1.03 bits per heavy atom. The van der Waals surface area contributed by atoms with E-state index >= 15 is 0 Å². The normalized spacial score (nSPS) is 12.5. The average molecular weight is 806 g/mol. The van der Waals surface area contributed by atoms with Gasteiger partial charge in [0.15, 0.2) is 0 Å². The number of aromatic nitrogens is 5. The first-order valence-corrected chi connectivity index (χ1v) is 21.9. The summed E-state index contributed by atoms with van der Waals surface area (Å²) in [5.74, 6) is 0.664. The molecule has 0 N–H and O–H groups in total. The molecule has 0 bridgehead atoms. The number of para-hydroxylation sites is 4. The second kappa shape index (κ2) is 11.8. The third-order valence-corrected chi connectivity index (χ3v) is 14.5. The van der Waals surface area contributed by atoms with Crippen LogP contribution in [0, 0.1) is 0 Å². The van der Waals surface area contributed by atoms with E-state index in [9.17, 15) is 0 Å². The molecule has 0 aliphatic heterocycles. The number of rotatable bonds is 3. The Labute approximate surface area is 356 Å². The fourth-order valence-corrected chi connectivity index (χ4v) is 12.0. The van der Waals surface area contributed by atoms with Gasteiger partial charge in [-0.1, -0.05) is 140 Å². The maximum Gasteiger partial charge on any atom is 0.235 e. The molecule has 9 aromatic carbocycles. The largest absolute Gasteiger partial charge is 0.309 e. The molecule has 286 valence electrons. The first kappa shape index (κ1) is 32.8. The van der Waals surface area contributed by atoms with E-state index in [-0.39, 0.29) is 0 Å². The highest BCUT2D eigenvalue weighted by molar-refractivity contribution is 7.26. The van der Waals surface area contributed by atoms with Crippen LogP contribution in [-0.2, 0) is 0 Å². The van der Waals surface area contributed by atoms with Crippen molar-refractivity contribution >= 4 is 124 Å². The summed E-state index contributed by atoms with van der Waals surface area (Å²) in [6.07, 6.45) is 0. The molecule has 6 heterocycles. The highest BCUT2D eigenvalue weighted by Crippen LogP contribution is 2.47. The number of thiophene rings is 1. The minimum Gasteiger partial charge on any atom is -0.309 e. The van der Waals surface area contributed by atoms with Gasteiger partial charge in [-0.2, -0.15) is 0 Å². The quantitative estimate of drug-likeness (QED) is 0.178. The Bertz CT molecular complexity index is 4390. The first-order valence-electron chi connectivity index (χ1n) is 21.1. The number of nitrogens with zero attached hydrogens (tertiary/aromatic N) is 5. The monoisotopic (exact) mass is 805 g/mol. The van der Waals surface area contributed by atoms with Crippen LogP contribution in [0.3, 0.4) is 0 Å². The van der Waals surface area contributed by atoms with Gasteiger partial charge < -0.3 is 8.97 Å². The lowest BCUT2D eigenvalue weighted by Gasteiger charge is -2.12. The van der Waals surface area contributed by atoms with Gasteiger partial charge in [-0.05, 0) is 53.9 Å². The highest BCUT2D eigenvalue weighted by Gasteiger charge is 2.26. The molecule has 15 aromatic rings. The SMILES string of the molecule is c1ccc(-n2c3ccccc3c3ccc(-c4nc(-n5c6ccc7c(c8cccc9c%10ccccc%10n7c98)c6c6ccc7ccccc7c65)nc5c4sc4ccccc45)cc32)cc1. The van der Waals surface area contributed by atoms with Gasteiger partial charge in [0, 0.05) is 69.8 Å². The molecule has 0 aliphatic rings. The van der Waals surface area contributed by atoms with E-state index in [1.54, 1.807) is 11.3 Å². The van der Waals surface area contributed by atoms with Crippen molar-refractivity contribution in [3.05, 3.63) is 188 Å². The Morgan fingerprint density at radius 3 is 1.92 bits per heavy atom. The van der Waals surface area contributed by atoms with E-state index in [0.717, 1.165) is 49.1 Å². The summed E-state index contributed by atoms with van der Waals surface area (Å²) in [6.45, 7) is 0. The zero-order chi connectivity index (χ0) is 40.2. The van der Waals surface area contributed by atoms with Crippen molar-refractivity contribution in [2.75, 3.05) is 0 Å². The number of benzene rings is 9. The van der Waals surface area contributed by atoms with Crippen LogP contribution < -0.4 is 0 Å². The molecule has 6 heteroatoms. The van der Waals surface area contributed by atoms with Gasteiger partial charge >= 0.3 is 0 Å². The molecule has 0 saturated carbocycles. The van der Waals surface area contributed by atoms with E-state index in [4.69, 9.17) is 9.97 Å². The molecule has 6 aromatic heterocycles. The second-order valence-electron chi connectivity index (χ2n) is 16.5. The van der Waals surface area contributed by atoms with Gasteiger partial charge in [0.05, 0.1) is 54.5 Å². The van der Waals surface area contributed by atoms with Gasteiger partial charge in [0.25, 0.3) is 0 Å². The summed E-state index contributed by atoms with van der Waals surface area (Å²) in [4.78, 5) is 11.3. The first-order chi connectivity index (χ1) is 30.8. The van der Waals surface area contributed by atoms with E-state index in [2.05, 4.69) is 202 Å². The second-order valence-corrected chi connectivity index (χ2v) is 17.5. The predicted octanol–water partition coefficient (Wildman–Crippen LogP) is 15.0. The van der Waals surface area contributed by atoms with Crippen LogP contribution in [0.2, 0.25) is 0 Å². The minimum absolute atomic E-state index is 0.664. The fraction of sp³-hybridized carbons (Fsp3) is 0. The van der Waals surface area contributed by atoms with Crippen LogP contribution in [0.5, 0.6) is 0 Å². The zero-order valence-electron chi connectivity index (χ0n) is 33.0. The van der Waals surface area contributed by atoms with Crippen molar-refractivity contribution in [2.45, 2.75) is 0 Å². The Balaban J connectivity index is 1.10. The molecule has 62 heavy (non-hydrogen) atoms. The average Bonchev–Trinajstić information content (AvgIpc) is 4.13. The standard InChI is InChI=1S/C56H31N5S/c1-2-14-34(15-3-1)59-43-22-9-6-17-36(43)38-27-26-33(31-47(38)59)51-55-52(40-19-8-11-24-48(40)62-55)58-56(57-51)61-46-30-29-45-49(50(46)42-28-25-32-13-4-5-16-35(32)53(42)61)41-21-12-20-39-37-18-7-10-23-44(37)60(45)54(39)41/h1-31H. The van der Waals surface area contributed by atoms with Crippen molar-refractivity contribution < 1.29 is 0 Å². The summed E-state index contributed by atoms with van der Waals surface area (Å²) in [5, 5.41) is 13.4. The van der Waals surface area contributed by atoms with Gasteiger partial charge in [0.1, 0.15) is 0 Å². The lowest BCUT2D eigenvalue weighted by Crippen LogP contribution is -2.03. The van der Waals surface area contributed by atoms with Gasteiger partial charge in [-0.3, -0.25) is 4.57 Å². The van der Waals surface area contributed by atoms with Crippen molar-refractivity contribution in [3.8, 4) is 22.9 Å². The Kier molecular flexibility index (Phi) is 6.24. The van der Waals surface area contributed by atoms with Crippen LogP contribution in [-0.4, -0.2) is 23.5 Å². The van der Waals surface area contributed by atoms with Crippen LogP contribution >= 0.6 is 11.3 Å². The smallest absolute Gasteiger partial charge is 0.235 e. The number of hydrogen-bond acceptors (Lipinski definition) is 3. The molecular weight excluding hydrogens is 775 g/mol. The van der Waals surface area contributed by atoms with E-state index < -0.39 is 0 Å². The van der Waals surface area contributed by atoms with Crippen molar-refractivity contribution in [1.82, 2.24) is 23.5 Å². The van der Waals surface area contributed by atoms with Gasteiger partial charge in [0.2, 0.25) is 5.95 Å². The molecule has 0 aliphatic carbocycles. The summed E-state index contributed by atoms with van der Waals surface area (Å²) in [7, 11) is 0. The summed E-state index contributed by atoms with van der Waals surface area (Å²) in [6, 6.07) is 68.5. The third kappa shape index (κ3) is 4.12. The highest BCUT2D eigenvalue weighted by atomic mass is 32.1.